The lowest BCUT2D eigenvalue weighted by Crippen LogP contribution is -2.19. The van der Waals surface area contributed by atoms with Crippen LogP contribution in [0.5, 0.6) is 0 Å². The lowest BCUT2D eigenvalue weighted by Gasteiger charge is -2.18. The zero-order valence-corrected chi connectivity index (χ0v) is 13.7. The maximum atomic E-state index is 6.01. The first-order chi connectivity index (χ1) is 9.40. The van der Waals surface area contributed by atoms with E-state index in [0.29, 0.717) is 6.54 Å². The van der Waals surface area contributed by atoms with Gasteiger partial charge in [-0.25, -0.2) is 0 Å². The van der Waals surface area contributed by atoms with Crippen molar-refractivity contribution in [2.45, 2.75) is 32.2 Å². The Morgan fingerprint density at radius 2 is 2.00 bits per heavy atom. The van der Waals surface area contributed by atoms with E-state index in [1.165, 1.54) is 9.75 Å². The Kier molecular flexibility index (Phi) is 4.74. The van der Waals surface area contributed by atoms with Crippen molar-refractivity contribution in [2.75, 3.05) is 11.9 Å². The molecule has 0 aliphatic rings. The molecule has 0 bridgehead atoms. The van der Waals surface area contributed by atoms with Crippen LogP contribution in [0.15, 0.2) is 36.4 Å². The smallest absolute Gasteiger partial charge is 0.0728 e. The van der Waals surface area contributed by atoms with Crippen LogP contribution in [0.3, 0.4) is 0 Å². The van der Waals surface area contributed by atoms with E-state index >= 15 is 0 Å². The molecule has 2 rings (SSSR count). The highest BCUT2D eigenvalue weighted by Crippen LogP contribution is 2.33. The molecule has 1 atom stereocenters. The molecule has 108 valence electrons. The summed E-state index contributed by atoms with van der Waals surface area (Å²) in [5.74, 6) is 0. The summed E-state index contributed by atoms with van der Waals surface area (Å²) in [6, 6.07) is 12.2. The molecule has 1 aromatic heterocycles. The summed E-state index contributed by atoms with van der Waals surface area (Å²) >= 11 is 7.83. The van der Waals surface area contributed by atoms with Crippen molar-refractivity contribution in [3.8, 4) is 0 Å². The van der Waals surface area contributed by atoms with Crippen LogP contribution >= 0.6 is 22.9 Å². The van der Waals surface area contributed by atoms with Crippen LogP contribution in [0.4, 0.5) is 5.69 Å². The minimum absolute atomic E-state index is 0.120. The van der Waals surface area contributed by atoms with Crippen molar-refractivity contribution < 1.29 is 0 Å². The van der Waals surface area contributed by atoms with E-state index in [1.807, 2.05) is 35.6 Å². The van der Waals surface area contributed by atoms with E-state index < -0.39 is 0 Å². The molecular formula is C16H21ClN2S. The molecule has 2 nitrogen and oxygen atoms in total. The van der Waals surface area contributed by atoms with Gasteiger partial charge in [-0.2, -0.15) is 0 Å². The Balaban J connectivity index is 2.18. The number of anilines is 1. The molecule has 4 heteroatoms. The van der Waals surface area contributed by atoms with Gasteiger partial charge in [0.05, 0.1) is 6.04 Å². The molecule has 2 aromatic rings. The molecule has 3 N–H and O–H groups in total. The zero-order chi connectivity index (χ0) is 14.8. The van der Waals surface area contributed by atoms with E-state index in [4.69, 9.17) is 17.3 Å². The molecule has 0 saturated heterocycles. The van der Waals surface area contributed by atoms with Gasteiger partial charge in [-0.15, -0.1) is 11.3 Å². The molecule has 0 radical (unpaired) electrons. The molecule has 1 unspecified atom stereocenters. The van der Waals surface area contributed by atoms with Gasteiger partial charge < -0.3 is 11.1 Å². The Labute approximate surface area is 130 Å². The maximum Gasteiger partial charge on any atom is 0.0728 e. The molecule has 0 aliphatic heterocycles. The minimum atomic E-state index is 0.120. The number of hydrogen-bond acceptors (Lipinski definition) is 3. The van der Waals surface area contributed by atoms with Gasteiger partial charge in [0.2, 0.25) is 0 Å². The van der Waals surface area contributed by atoms with Crippen molar-refractivity contribution in [1.29, 1.82) is 0 Å². The van der Waals surface area contributed by atoms with Crippen LogP contribution in [0.2, 0.25) is 5.02 Å². The van der Waals surface area contributed by atoms with Gasteiger partial charge in [-0.05, 0) is 35.7 Å². The SMILES string of the molecule is CC(C)(C)c1ccc(C(CN)Nc2cccc(Cl)c2)s1. The number of benzene rings is 1. The van der Waals surface area contributed by atoms with E-state index in [-0.39, 0.29) is 11.5 Å². The summed E-state index contributed by atoms with van der Waals surface area (Å²) in [6.07, 6.45) is 0. The molecule has 1 aromatic carbocycles. The molecule has 0 saturated carbocycles. The fraction of sp³-hybridized carbons (Fsp3) is 0.375. The highest BCUT2D eigenvalue weighted by atomic mass is 35.5. The van der Waals surface area contributed by atoms with Crippen LogP contribution in [-0.2, 0) is 5.41 Å². The first-order valence-corrected chi connectivity index (χ1v) is 7.92. The third-order valence-electron chi connectivity index (χ3n) is 3.11. The molecule has 0 fully saturated rings. The van der Waals surface area contributed by atoms with E-state index in [1.54, 1.807) is 0 Å². The van der Waals surface area contributed by atoms with Crippen LogP contribution in [-0.4, -0.2) is 6.54 Å². The third-order valence-corrected chi connectivity index (χ3v) is 4.97. The summed E-state index contributed by atoms with van der Waals surface area (Å²) in [6.45, 7) is 7.23. The summed E-state index contributed by atoms with van der Waals surface area (Å²) in [5.41, 5.74) is 7.10. The average Bonchev–Trinajstić information content (AvgIpc) is 2.85. The van der Waals surface area contributed by atoms with Gasteiger partial charge >= 0.3 is 0 Å². The van der Waals surface area contributed by atoms with Gasteiger partial charge in [-0.1, -0.05) is 38.4 Å². The van der Waals surface area contributed by atoms with Crippen molar-refractivity contribution in [1.82, 2.24) is 0 Å². The summed E-state index contributed by atoms with van der Waals surface area (Å²) in [4.78, 5) is 2.64. The molecule has 0 spiro atoms. The number of thiophene rings is 1. The van der Waals surface area contributed by atoms with Crippen LogP contribution in [0.1, 0.15) is 36.6 Å². The van der Waals surface area contributed by atoms with E-state index in [0.717, 1.165) is 10.7 Å². The number of nitrogens with one attached hydrogen (secondary N) is 1. The van der Waals surface area contributed by atoms with Crippen LogP contribution in [0, 0.1) is 0 Å². The lowest BCUT2D eigenvalue weighted by molar-refractivity contribution is 0.604. The minimum Gasteiger partial charge on any atom is -0.376 e. The second-order valence-corrected chi connectivity index (χ2v) is 7.45. The summed E-state index contributed by atoms with van der Waals surface area (Å²) in [7, 11) is 0. The molecule has 0 amide bonds. The number of hydrogen-bond donors (Lipinski definition) is 2. The molecule has 0 aliphatic carbocycles. The standard InChI is InChI=1S/C16H21ClN2S/c1-16(2,3)15-8-7-14(20-15)13(10-18)19-12-6-4-5-11(17)9-12/h4-9,13,19H,10,18H2,1-3H3. The van der Waals surface area contributed by atoms with Gasteiger partial charge in [0.15, 0.2) is 0 Å². The Bertz CT molecular complexity index is 572. The number of halogens is 1. The predicted molar refractivity (Wildman–Crippen MR) is 89.9 cm³/mol. The molecular weight excluding hydrogens is 288 g/mol. The maximum absolute atomic E-state index is 6.01. The average molecular weight is 309 g/mol. The Hall–Kier alpha value is -1.03. The largest absolute Gasteiger partial charge is 0.376 e. The molecule has 20 heavy (non-hydrogen) atoms. The van der Waals surface area contributed by atoms with E-state index in [2.05, 4.69) is 38.2 Å². The summed E-state index contributed by atoms with van der Waals surface area (Å²) < 4.78 is 0. The number of nitrogens with two attached hydrogens (primary N) is 1. The van der Waals surface area contributed by atoms with Crippen molar-refractivity contribution in [3.05, 3.63) is 51.2 Å². The predicted octanol–water partition coefficient (Wildman–Crippen LogP) is 4.81. The van der Waals surface area contributed by atoms with Gasteiger partial charge in [0.1, 0.15) is 0 Å². The fourth-order valence-corrected chi connectivity index (χ4v) is 3.29. The Morgan fingerprint density at radius 1 is 1.25 bits per heavy atom. The van der Waals surface area contributed by atoms with Gasteiger partial charge in [0, 0.05) is 27.0 Å². The van der Waals surface area contributed by atoms with Crippen LogP contribution in [0.25, 0.3) is 0 Å². The molecule has 1 heterocycles. The quantitative estimate of drug-likeness (QED) is 0.850. The normalized spacial score (nSPS) is 13.2. The van der Waals surface area contributed by atoms with Gasteiger partial charge in [0.25, 0.3) is 0 Å². The third kappa shape index (κ3) is 3.75. The number of rotatable bonds is 4. The van der Waals surface area contributed by atoms with Gasteiger partial charge in [-0.3, -0.25) is 0 Å². The second-order valence-electron chi connectivity index (χ2n) is 5.89. The second kappa shape index (κ2) is 6.17. The highest BCUT2D eigenvalue weighted by molar-refractivity contribution is 7.12. The zero-order valence-electron chi connectivity index (χ0n) is 12.1. The first kappa shape index (κ1) is 15.4. The van der Waals surface area contributed by atoms with E-state index in [9.17, 15) is 0 Å². The Morgan fingerprint density at radius 3 is 2.55 bits per heavy atom. The van der Waals surface area contributed by atoms with Crippen molar-refractivity contribution in [2.24, 2.45) is 5.73 Å². The van der Waals surface area contributed by atoms with Crippen molar-refractivity contribution in [3.63, 3.8) is 0 Å². The first-order valence-electron chi connectivity index (χ1n) is 6.72. The topological polar surface area (TPSA) is 38.0 Å². The monoisotopic (exact) mass is 308 g/mol. The fourth-order valence-electron chi connectivity index (χ4n) is 1.97. The van der Waals surface area contributed by atoms with Crippen molar-refractivity contribution >= 4 is 28.6 Å². The lowest BCUT2D eigenvalue weighted by atomic mass is 9.95. The summed E-state index contributed by atoms with van der Waals surface area (Å²) in [5, 5.41) is 4.18. The van der Waals surface area contributed by atoms with Crippen LogP contribution < -0.4 is 11.1 Å². The highest BCUT2D eigenvalue weighted by Gasteiger charge is 2.19.